The normalized spacial score (nSPS) is 24.9. The number of H-pyrrole nitrogens is 1. The second-order valence-electron chi connectivity index (χ2n) is 7.21. The summed E-state index contributed by atoms with van der Waals surface area (Å²) in [4.78, 5) is 19.6. The van der Waals surface area contributed by atoms with E-state index in [9.17, 15) is 4.79 Å². The van der Waals surface area contributed by atoms with Gasteiger partial charge in [-0.05, 0) is 50.9 Å². The lowest BCUT2D eigenvalue weighted by atomic mass is 9.86. The first-order valence-corrected chi connectivity index (χ1v) is 9.89. The van der Waals surface area contributed by atoms with Gasteiger partial charge in [0.1, 0.15) is 11.1 Å². The van der Waals surface area contributed by atoms with E-state index in [-0.39, 0.29) is 12.1 Å². The standard InChI is InChI=1S/C19H20N4O2S/c1-11-10-26-18(20-11)13-2-3-14-15(8-13)21-22-17(14)19(24)25-16-9-23-6-4-12(16)5-7-23/h2-3,8,10,12,16H,4-7,9H2,1H3,(H,21,22)/t16-/m1/s1. The van der Waals surface area contributed by atoms with Gasteiger partial charge >= 0.3 is 5.97 Å². The molecular formula is C19H20N4O2S. The van der Waals surface area contributed by atoms with Gasteiger partial charge in [-0.15, -0.1) is 11.3 Å². The highest BCUT2D eigenvalue weighted by Gasteiger charge is 2.37. The Bertz CT molecular complexity index is 971. The summed E-state index contributed by atoms with van der Waals surface area (Å²) in [6, 6.07) is 5.91. The number of carbonyl (C=O) groups is 1. The number of fused-ring (bicyclic) bond motifs is 4. The quantitative estimate of drug-likeness (QED) is 0.719. The highest BCUT2D eigenvalue weighted by molar-refractivity contribution is 7.13. The third kappa shape index (κ3) is 2.71. The van der Waals surface area contributed by atoms with Gasteiger partial charge in [0.2, 0.25) is 0 Å². The van der Waals surface area contributed by atoms with E-state index in [0.717, 1.165) is 59.6 Å². The lowest BCUT2D eigenvalue weighted by Crippen LogP contribution is -2.51. The molecule has 26 heavy (non-hydrogen) atoms. The monoisotopic (exact) mass is 368 g/mol. The van der Waals surface area contributed by atoms with Crippen molar-refractivity contribution in [2.24, 2.45) is 5.92 Å². The van der Waals surface area contributed by atoms with Crippen LogP contribution in [0.25, 0.3) is 21.5 Å². The number of aryl methyl sites for hydroxylation is 1. The van der Waals surface area contributed by atoms with Gasteiger partial charge in [-0.2, -0.15) is 5.10 Å². The Morgan fingerprint density at radius 2 is 2.19 bits per heavy atom. The number of piperidine rings is 3. The second kappa shape index (κ2) is 6.17. The number of nitrogens with zero attached hydrogens (tertiary/aromatic N) is 3. The van der Waals surface area contributed by atoms with Crippen molar-refractivity contribution in [3.05, 3.63) is 35.0 Å². The van der Waals surface area contributed by atoms with Crippen LogP contribution in [0.1, 0.15) is 29.0 Å². The summed E-state index contributed by atoms with van der Waals surface area (Å²) in [6.45, 7) is 5.09. The summed E-state index contributed by atoms with van der Waals surface area (Å²) in [5.41, 5.74) is 3.24. The molecule has 2 bridgehead atoms. The third-order valence-electron chi connectivity index (χ3n) is 5.48. The minimum Gasteiger partial charge on any atom is -0.456 e. The van der Waals surface area contributed by atoms with Gasteiger partial charge in [0.25, 0.3) is 0 Å². The molecule has 3 fully saturated rings. The SMILES string of the molecule is Cc1csc(-c2ccc3c(C(=O)O[C@@H]4CN5CCC4CC5)n[nH]c3c2)n1. The fourth-order valence-corrected chi connectivity index (χ4v) is 4.83. The fraction of sp³-hybridized carbons (Fsp3) is 0.421. The number of nitrogens with one attached hydrogen (secondary N) is 1. The number of carbonyl (C=O) groups excluding carboxylic acids is 1. The van der Waals surface area contributed by atoms with Gasteiger partial charge in [-0.1, -0.05) is 6.07 Å². The minimum atomic E-state index is -0.326. The number of rotatable bonds is 3. The number of ether oxygens (including phenoxy) is 1. The van der Waals surface area contributed by atoms with Crippen LogP contribution in [0.4, 0.5) is 0 Å². The van der Waals surface area contributed by atoms with Crippen LogP contribution in [-0.4, -0.2) is 51.8 Å². The van der Waals surface area contributed by atoms with Crippen molar-refractivity contribution in [2.75, 3.05) is 19.6 Å². The van der Waals surface area contributed by atoms with Crippen LogP contribution in [-0.2, 0) is 4.74 Å². The zero-order valence-corrected chi connectivity index (χ0v) is 15.4. The molecule has 3 aliphatic heterocycles. The average molecular weight is 368 g/mol. The summed E-state index contributed by atoms with van der Waals surface area (Å²) in [5, 5.41) is 11.0. The van der Waals surface area contributed by atoms with Crippen LogP contribution in [0, 0.1) is 12.8 Å². The first-order chi connectivity index (χ1) is 12.7. The van der Waals surface area contributed by atoms with E-state index in [0.29, 0.717) is 11.6 Å². The first kappa shape index (κ1) is 16.0. The van der Waals surface area contributed by atoms with E-state index in [4.69, 9.17) is 4.74 Å². The Kier molecular flexibility index (Phi) is 3.79. The Hall–Kier alpha value is -2.25. The molecule has 3 saturated heterocycles. The molecule has 1 N–H and O–H groups in total. The van der Waals surface area contributed by atoms with E-state index >= 15 is 0 Å². The summed E-state index contributed by atoms with van der Waals surface area (Å²) in [7, 11) is 0. The molecule has 2 aromatic heterocycles. The molecule has 6 rings (SSSR count). The molecular weight excluding hydrogens is 348 g/mol. The summed E-state index contributed by atoms with van der Waals surface area (Å²) in [6.07, 6.45) is 2.24. The van der Waals surface area contributed by atoms with E-state index in [1.165, 1.54) is 0 Å². The van der Waals surface area contributed by atoms with Gasteiger partial charge in [-0.3, -0.25) is 10.00 Å². The molecule has 0 radical (unpaired) electrons. The molecule has 1 aromatic carbocycles. The van der Waals surface area contributed by atoms with Crippen LogP contribution < -0.4 is 0 Å². The molecule has 0 aliphatic carbocycles. The number of hydrogen-bond donors (Lipinski definition) is 1. The lowest BCUT2D eigenvalue weighted by Gasteiger charge is -2.43. The molecule has 0 unspecified atom stereocenters. The van der Waals surface area contributed by atoms with Crippen molar-refractivity contribution >= 4 is 28.2 Å². The van der Waals surface area contributed by atoms with Crippen LogP contribution in [0.3, 0.4) is 0 Å². The highest BCUT2D eigenvalue weighted by atomic mass is 32.1. The van der Waals surface area contributed by atoms with E-state index in [1.807, 2.05) is 30.5 Å². The average Bonchev–Trinajstić information content (AvgIpc) is 3.28. The lowest BCUT2D eigenvalue weighted by molar-refractivity contribution is -0.0458. The van der Waals surface area contributed by atoms with E-state index < -0.39 is 0 Å². The first-order valence-electron chi connectivity index (χ1n) is 9.01. The zero-order chi connectivity index (χ0) is 17.7. The minimum absolute atomic E-state index is 0.00526. The van der Waals surface area contributed by atoms with Crippen LogP contribution >= 0.6 is 11.3 Å². The van der Waals surface area contributed by atoms with Crippen molar-refractivity contribution in [3.8, 4) is 10.6 Å². The maximum absolute atomic E-state index is 12.7. The third-order valence-corrected chi connectivity index (χ3v) is 6.49. The number of aromatic nitrogens is 3. The van der Waals surface area contributed by atoms with Gasteiger partial charge in [0.15, 0.2) is 5.69 Å². The second-order valence-corrected chi connectivity index (χ2v) is 8.07. The molecule has 0 saturated carbocycles. The maximum atomic E-state index is 12.7. The van der Waals surface area contributed by atoms with Gasteiger partial charge < -0.3 is 4.74 Å². The smallest absolute Gasteiger partial charge is 0.359 e. The number of thiazole rings is 1. The Balaban J connectivity index is 1.39. The summed E-state index contributed by atoms with van der Waals surface area (Å²) < 4.78 is 5.82. The van der Waals surface area contributed by atoms with Crippen molar-refractivity contribution in [2.45, 2.75) is 25.9 Å². The molecule has 5 heterocycles. The predicted molar refractivity (Wildman–Crippen MR) is 100 cm³/mol. The van der Waals surface area contributed by atoms with Crippen LogP contribution in [0.2, 0.25) is 0 Å². The molecule has 7 heteroatoms. The van der Waals surface area contributed by atoms with Gasteiger partial charge in [-0.25, -0.2) is 9.78 Å². The Morgan fingerprint density at radius 1 is 1.35 bits per heavy atom. The summed E-state index contributed by atoms with van der Waals surface area (Å²) >= 11 is 1.61. The highest BCUT2D eigenvalue weighted by Crippen LogP contribution is 2.31. The maximum Gasteiger partial charge on any atom is 0.359 e. The topological polar surface area (TPSA) is 71.1 Å². The van der Waals surface area contributed by atoms with Crippen molar-refractivity contribution in [1.82, 2.24) is 20.1 Å². The number of hydrogen-bond acceptors (Lipinski definition) is 6. The molecule has 1 atom stereocenters. The molecule has 0 spiro atoms. The Morgan fingerprint density at radius 3 is 2.88 bits per heavy atom. The summed E-state index contributed by atoms with van der Waals surface area (Å²) in [5.74, 6) is 0.168. The molecule has 3 aromatic rings. The number of aromatic amines is 1. The molecule has 134 valence electrons. The predicted octanol–water partition coefficient (Wildman–Crippen LogP) is 3.25. The Labute approximate surface area is 155 Å². The zero-order valence-electron chi connectivity index (χ0n) is 14.6. The van der Waals surface area contributed by atoms with Crippen LogP contribution in [0.15, 0.2) is 23.6 Å². The molecule has 0 amide bonds. The number of esters is 1. The molecule has 6 nitrogen and oxygen atoms in total. The van der Waals surface area contributed by atoms with Crippen LogP contribution in [0.5, 0.6) is 0 Å². The van der Waals surface area contributed by atoms with E-state index in [2.05, 4.69) is 20.1 Å². The van der Waals surface area contributed by atoms with Crippen molar-refractivity contribution < 1.29 is 9.53 Å². The number of benzene rings is 1. The van der Waals surface area contributed by atoms with Gasteiger partial charge in [0.05, 0.1) is 5.52 Å². The fourth-order valence-electron chi connectivity index (χ4n) is 4.03. The van der Waals surface area contributed by atoms with Gasteiger partial charge in [0, 0.05) is 28.6 Å². The molecule has 3 aliphatic rings. The van der Waals surface area contributed by atoms with Crippen molar-refractivity contribution in [1.29, 1.82) is 0 Å². The largest absolute Gasteiger partial charge is 0.456 e. The van der Waals surface area contributed by atoms with Crippen molar-refractivity contribution in [3.63, 3.8) is 0 Å². The van der Waals surface area contributed by atoms with E-state index in [1.54, 1.807) is 11.3 Å².